The Kier molecular flexibility index (Phi) is 4.39. The van der Waals surface area contributed by atoms with E-state index in [2.05, 4.69) is 20.8 Å². The third-order valence-electron chi connectivity index (χ3n) is 2.53. The van der Waals surface area contributed by atoms with Gasteiger partial charge in [0.05, 0.1) is 16.9 Å². The van der Waals surface area contributed by atoms with Crippen molar-refractivity contribution in [2.45, 2.75) is 19.5 Å². The molecule has 2 rings (SSSR count). The average Bonchev–Trinajstić information content (AvgIpc) is 2.95. The summed E-state index contributed by atoms with van der Waals surface area (Å²) in [5.41, 5.74) is 0. The summed E-state index contributed by atoms with van der Waals surface area (Å²) < 4.78 is 2.48. The highest BCUT2D eigenvalue weighted by Gasteiger charge is 2.13. The molecule has 102 valence electrons. The van der Waals surface area contributed by atoms with Gasteiger partial charge in [-0.05, 0) is 19.1 Å². The molecule has 0 aliphatic rings. The van der Waals surface area contributed by atoms with Crippen LogP contribution in [0.3, 0.4) is 0 Å². The topological polar surface area (TPSA) is 71.8 Å². The maximum absolute atomic E-state index is 11.7. The van der Waals surface area contributed by atoms with Crippen molar-refractivity contribution >= 4 is 29.0 Å². The first-order valence-corrected chi connectivity index (χ1v) is 6.88. The summed E-state index contributed by atoms with van der Waals surface area (Å²) in [7, 11) is 1.83. The van der Waals surface area contributed by atoms with E-state index in [0.29, 0.717) is 16.7 Å². The summed E-state index contributed by atoms with van der Waals surface area (Å²) in [6.45, 7) is 2.31. The molecule has 0 unspecified atom stereocenters. The van der Waals surface area contributed by atoms with Crippen molar-refractivity contribution in [1.29, 1.82) is 0 Å². The van der Waals surface area contributed by atoms with Gasteiger partial charge >= 0.3 is 6.03 Å². The number of thiophene rings is 1. The van der Waals surface area contributed by atoms with Crippen LogP contribution in [0.4, 0.5) is 4.79 Å². The second kappa shape index (κ2) is 6.03. The van der Waals surface area contributed by atoms with Crippen molar-refractivity contribution in [2.75, 3.05) is 0 Å². The average molecular weight is 300 g/mol. The number of aryl methyl sites for hydroxylation is 1. The molecule has 6 nitrogen and oxygen atoms in total. The number of amides is 2. The zero-order valence-electron chi connectivity index (χ0n) is 10.6. The first-order valence-electron chi connectivity index (χ1n) is 5.68. The lowest BCUT2D eigenvalue weighted by molar-refractivity contribution is 0.237. The van der Waals surface area contributed by atoms with Gasteiger partial charge in [0.25, 0.3) is 0 Å². The van der Waals surface area contributed by atoms with Crippen molar-refractivity contribution in [3.8, 4) is 0 Å². The molecule has 0 fully saturated rings. The normalized spacial score (nSPS) is 12.2. The molecule has 0 saturated carbocycles. The minimum absolute atomic E-state index is 0.209. The highest BCUT2D eigenvalue weighted by atomic mass is 35.5. The molecule has 0 saturated heterocycles. The van der Waals surface area contributed by atoms with Crippen LogP contribution >= 0.6 is 22.9 Å². The first kappa shape index (κ1) is 13.8. The molecule has 0 aliphatic carbocycles. The van der Waals surface area contributed by atoms with Crippen molar-refractivity contribution < 1.29 is 4.79 Å². The number of aromatic nitrogens is 3. The van der Waals surface area contributed by atoms with Gasteiger partial charge < -0.3 is 15.2 Å². The largest absolute Gasteiger partial charge is 0.333 e. The van der Waals surface area contributed by atoms with Crippen molar-refractivity contribution in [3.05, 3.63) is 33.5 Å². The summed E-state index contributed by atoms with van der Waals surface area (Å²) in [4.78, 5) is 12.7. The van der Waals surface area contributed by atoms with E-state index in [1.54, 1.807) is 10.9 Å². The number of rotatable bonds is 4. The van der Waals surface area contributed by atoms with E-state index in [9.17, 15) is 4.79 Å². The van der Waals surface area contributed by atoms with E-state index < -0.39 is 0 Å². The highest BCUT2D eigenvalue weighted by molar-refractivity contribution is 7.16. The number of hydrogen-bond donors (Lipinski definition) is 2. The Labute approximate surface area is 119 Å². The van der Waals surface area contributed by atoms with Crippen LogP contribution in [0.15, 0.2) is 18.5 Å². The Morgan fingerprint density at radius 2 is 2.37 bits per heavy atom. The number of halogens is 1. The fourth-order valence-corrected chi connectivity index (χ4v) is 2.64. The van der Waals surface area contributed by atoms with Crippen LogP contribution in [0.5, 0.6) is 0 Å². The Balaban J connectivity index is 1.83. The monoisotopic (exact) mass is 299 g/mol. The standard InChI is InChI=1S/C11H14ClN5OS/c1-7(10-16-14-6-17(10)2)15-11(18)13-5-8-3-4-9(12)19-8/h3-4,6-7H,5H2,1-2H3,(H2,13,15,18)/t7-/m0/s1. The van der Waals surface area contributed by atoms with E-state index in [-0.39, 0.29) is 12.1 Å². The maximum atomic E-state index is 11.7. The molecule has 2 heterocycles. The summed E-state index contributed by atoms with van der Waals surface area (Å²) in [6, 6.07) is 3.24. The Morgan fingerprint density at radius 1 is 1.58 bits per heavy atom. The Bertz CT molecular complexity index is 567. The van der Waals surface area contributed by atoms with Gasteiger partial charge in [-0.1, -0.05) is 11.6 Å². The summed E-state index contributed by atoms with van der Waals surface area (Å²) in [6.07, 6.45) is 1.60. The van der Waals surface area contributed by atoms with Gasteiger partial charge in [0.1, 0.15) is 6.33 Å². The van der Waals surface area contributed by atoms with Crippen LogP contribution in [0.1, 0.15) is 23.7 Å². The molecule has 0 spiro atoms. The lowest BCUT2D eigenvalue weighted by Crippen LogP contribution is -2.37. The van der Waals surface area contributed by atoms with Crippen LogP contribution in [0, 0.1) is 0 Å². The van der Waals surface area contributed by atoms with E-state index in [1.165, 1.54) is 11.3 Å². The molecule has 0 bridgehead atoms. The maximum Gasteiger partial charge on any atom is 0.315 e. The van der Waals surface area contributed by atoms with Crippen LogP contribution in [0.2, 0.25) is 4.34 Å². The number of urea groups is 1. The molecule has 2 aromatic rings. The SMILES string of the molecule is C[C@H](NC(=O)NCc1ccc(Cl)s1)c1nncn1C. The molecule has 0 aromatic carbocycles. The molecule has 19 heavy (non-hydrogen) atoms. The Hall–Kier alpha value is -1.60. The van der Waals surface area contributed by atoms with Gasteiger partial charge in [0.2, 0.25) is 0 Å². The second-order valence-corrected chi connectivity index (χ2v) is 5.85. The molecule has 1 atom stereocenters. The number of carbonyl (C=O) groups is 1. The van der Waals surface area contributed by atoms with Crippen molar-refractivity contribution in [2.24, 2.45) is 7.05 Å². The zero-order chi connectivity index (χ0) is 13.8. The number of nitrogens with zero attached hydrogens (tertiary/aromatic N) is 3. The van der Waals surface area contributed by atoms with Gasteiger partial charge in [0.15, 0.2) is 5.82 Å². The quantitative estimate of drug-likeness (QED) is 0.908. The van der Waals surface area contributed by atoms with E-state index in [0.717, 1.165) is 4.88 Å². The second-order valence-electron chi connectivity index (χ2n) is 4.05. The van der Waals surface area contributed by atoms with E-state index >= 15 is 0 Å². The summed E-state index contributed by atoms with van der Waals surface area (Å²) in [5.74, 6) is 0.703. The molecule has 0 aliphatic heterocycles. The molecule has 2 aromatic heterocycles. The molecule has 2 amide bonds. The zero-order valence-corrected chi connectivity index (χ0v) is 12.1. The lowest BCUT2D eigenvalue weighted by atomic mass is 10.3. The van der Waals surface area contributed by atoms with Crippen LogP contribution < -0.4 is 10.6 Å². The summed E-state index contributed by atoms with van der Waals surface area (Å²) in [5, 5.41) is 13.3. The minimum Gasteiger partial charge on any atom is -0.333 e. The van der Waals surface area contributed by atoms with Gasteiger partial charge in [-0.3, -0.25) is 0 Å². The number of hydrogen-bond acceptors (Lipinski definition) is 4. The molecule has 2 N–H and O–H groups in total. The highest BCUT2D eigenvalue weighted by Crippen LogP contribution is 2.20. The lowest BCUT2D eigenvalue weighted by Gasteiger charge is -2.13. The van der Waals surface area contributed by atoms with Gasteiger partial charge in [0, 0.05) is 11.9 Å². The first-order chi connectivity index (χ1) is 9.06. The molecular weight excluding hydrogens is 286 g/mol. The third kappa shape index (κ3) is 3.68. The van der Waals surface area contributed by atoms with Crippen LogP contribution in [0.25, 0.3) is 0 Å². The molecule has 8 heteroatoms. The number of carbonyl (C=O) groups excluding carboxylic acids is 1. The number of nitrogens with one attached hydrogen (secondary N) is 2. The fourth-order valence-electron chi connectivity index (χ4n) is 1.61. The van der Waals surface area contributed by atoms with Gasteiger partial charge in [-0.15, -0.1) is 21.5 Å². The fraction of sp³-hybridized carbons (Fsp3) is 0.364. The predicted molar refractivity (Wildman–Crippen MR) is 74.1 cm³/mol. The third-order valence-corrected chi connectivity index (χ3v) is 3.76. The summed E-state index contributed by atoms with van der Waals surface area (Å²) >= 11 is 7.26. The van der Waals surface area contributed by atoms with Crippen molar-refractivity contribution in [3.63, 3.8) is 0 Å². The molecule has 0 radical (unpaired) electrons. The minimum atomic E-state index is -0.250. The van der Waals surface area contributed by atoms with E-state index in [4.69, 9.17) is 11.6 Å². The predicted octanol–water partition coefficient (Wildman–Crippen LogP) is 2.09. The molecular formula is C11H14ClN5OS. The Morgan fingerprint density at radius 3 is 2.95 bits per heavy atom. The smallest absolute Gasteiger partial charge is 0.315 e. The van der Waals surface area contributed by atoms with E-state index in [1.807, 2.05) is 26.1 Å². The van der Waals surface area contributed by atoms with Gasteiger partial charge in [-0.2, -0.15) is 0 Å². The van der Waals surface area contributed by atoms with Crippen molar-refractivity contribution in [1.82, 2.24) is 25.4 Å². The van der Waals surface area contributed by atoms with Crippen LogP contribution in [-0.2, 0) is 13.6 Å². The van der Waals surface area contributed by atoms with Gasteiger partial charge in [-0.25, -0.2) is 4.79 Å². The van der Waals surface area contributed by atoms with Crippen LogP contribution in [-0.4, -0.2) is 20.8 Å².